The summed E-state index contributed by atoms with van der Waals surface area (Å²) in [4.78, 5) is 24.5. The van der Waals surface area contributed by atoms with E-state index in [2.05, 4.69) is 5.32 Å². The van der Waals surface area contributed by atoms with Crippen LogP contribution in [-0.4, -0.2) is 47.8 Å². The average molecular weight is 278 g/mol. The maximum absolute atomic E-state index is 12.2. The second-order valence-electron chi connectivity index (χ2n) is 4.58. The molecule has 0 bridgehead atoms. The van der Waals surface area contributed by atoms with Crippen LogP contribution in [0.4, 0.5) is 10.5 Å². The van der Waals surface area contributed by atoms with Crippen LogP contribution in [-0.2, 0) is 16.0 Å². The molecular weight excluding hydrogens is 260 g/mol. The number of hydrogen-bond acceptors (Lipinski definition) is 3. The lowest BCUT2D eigenvalue weighted by Crippen LogP contribution is -2.50. The van der Waals surface area contributed by atoms with Crippen molar-refractivity contribution in [2.24, 2.45) is 0 Å². The molecule has 0 aromatic heterocycles. The van der Waals surface area contributed by atoms with Crippen LogP contribution in [0.2, 0.25) is 0 Å². The number of carbonyl (C=O) groups excluding carboxylic acids is 1. The molecule has 1 aromatic carbocycles. The maximum Gasteiger partial charge on any atom is 0.334 e. The third kappa shape index (κ3) is 3.27. The van der Waals surface area contributed by atoms with Gasteiger partial charge >= 0.3 is 12.0 Å². The minimum atomic E-state index is -1.04. The van der Waals surface area contributed by atoms with Crippen molar-refractivity contribution in [2.45, 2.75) is 19.4 Å². The van der Waals surface area contributed by atoms with E-state index in [4.69, 9.17) is 9.84 Å². The Morgan fingerprint density at radius 3 is 2.90 bits per heavy atom. The molecule has 0 saturated carbocycles. The molecule has 1 aliphatic rings. The van der Waals surface area contributed by atoms with Gasteiger partial charge in [0.2, 0.25) is 0 Å². The highest BCUT2D eigenvalue weighted by molar-refractivity contribution is 5.90. The molecule has 2 rings (SSSR count). The van der Waals surface area contributed by atoms with Gasteiger partial charge in [-0.2, -0.15) is 0 Å². The topological polar surface area (TPSA) is 78.9 Å². The number of aliphatic carboxylic acids is 1. The number of carboxylic acids is 1. The Balaban J connectivity index is 2.02. The van der Waals surface area contributed by atoms with Crippen molar-refractivity contribution < 1.29 is 19.4 Å². The molecule has 6 heteroatoms. The van der Waals surface area contributed by atoms with Crippen LogP contribution >= 0.6 is 0 Å². The number of benzene rings is 1. The molecule has 0 aliphatic carbocycles. The highest BCUT2D eigenvalue weighted by Crippen LogP contribution is 2.16. The fourth-order valence-electron chi connectivity index (χ4n) is 2.13. The molecule has 2 N–H and O–H groups in total. The molecular formula is C14H18N2O4. The van der Waals surface area contributed by atoms with Crippen LogP contribution in [0.1, 0.15) is 12.5 Å². The van der Waals surface area contributed by atoms with Gasteiger partial charge in [-0.15, -0.1) is 0 Å². The lowest BCUT2D eigenvalue weighted by atomic mass is 10.1. The lowest BCUT2D eigenvalue weighted by molar-refractivity contribution is -0.154. The Morgan fingerprint density at radius 1 is 1.45 bits per heavy atom. The molecule has 1 fully saturated rings. The van der Waals surface area contributed by atoms with Gasteiger partial charge in [-0.3, -0.25) is 0 Å². The summed E-state index contributed by atoms with van der Waals surface area (Å²) in [6.45, 7) is 2.71. The standard InChI is InChI=1S/C14H18N2O4/c1-2-10-5-3-4-6-11(10)15-14(19)16-7-8-20-12(9-16)13(17)18/h3-6,12H,2,7-9H2,1H3,(H,15,19)(H,17,18). The Bertz CT molecular complexity index is 504. The number of amides is 2. The Kier molecular flexibility index (Phi) is 4.57. The van der Waals surface area contributed by atoms with Crippen LogP contribution in [0, 0.1) is 0 Å². The number of ether oxygens (including phenoxy) is 1. The third-order valence-electron chi connectivity index (χ3n) is 3.27. The summed E-state index contributed by atoms with van der Waals surface area (Å²) in [5, 5.41) is 11.8. The molecule has 20 heavy (non-hydrogen) atoms. The largest absolute Gasteiger partial charge is 0.479 e. The minimum absolute atomic E-state index is 0.0649. The molecule has 6 nitrogen and oxygen atoms in total. The van der Waals surface area contributed by atoms with E-state index >= 15 is 0 Å². The average Bonchev–Trinajstić information content (AvgIpc) is 2.48. The second kappa shape index (κ2) is 6.38. The Hall–Kier alpha value is -2.08. The van der Waals surface area contributed by atoms with Crippen LogP contribution in [0.3, 0.4) is 0 Å². The summed E-state index contributed by atoms with van der Waals surface area (Å²) in [7, 11) is 0. The zero-order valence-electron chi connectivity index (χ0n) is 11.3. The SMILES string of the molecule is CCc1ccccc1NC(=O)N1CCOC(C(=O)O)C1. The van der Waals surface area contributed by atoms with Gasteiger partial charge in [-0.25, -0.2) is 9.59 Å². The van der Waals surface area contributed by atoms with Gasteiger partial charge in [0.05, 0.1) is 13.2 Å². The number of morpholine rings is 1. The number of para-hydroxylation sites is 1. The number of hydrogen-bond donors (Lipinski definition) is 2. The van der Waals surface area contributed by atoms with Crippen LogP contribution in [0.5, 0.6) is 0 Å². The first kappa shape index (κ1) is 14.3. The predicted octanol–water partition coefficient (Wildman–Crippen LogP) is 1.57. The molecule has 0 spiro atoms. The molecule has 1 atom stereocenters. The molecule has 1 saturated heterocycles. The Morgan fingerprint density at radius 2 is 2.20 bits per heavy atom. The quantitative estimate of drug-likeness (QED) is 0.879. The fraction of sp³-hybridized carbons (Fsp3) is 0.429. The summed E-state index contributed by atoms with van der Waals surface area (Å²) in [5.41, 5.74) is 1.81. The molecule has 2 amide bonds. The highest BCUT2D eigenvalue weighted by atomic mass is 16.5. The van der Waals surface area contributed by atoms with E-state index in [1.165, 1.54) is 4.90 Å². The van der Waals surface area contributed by atoms with Crippen LogP contribution in [0.15, 0.2) is 24.3 Å². The number of nitrogens with one attached hydrogen (secondary N) is 1. The summed E-state index contributed by atoms with van der Waals surface area (Å²) < 4.78 is 5.09. The van der Waals surface area contributed by atoms with Crippen molar-refractivity contribution in [1.82, 2.24) is 4.90 Å². The van der Waals surface area contributed by atoms with Crippen molar-refractivity contribution in [1.29, 1.82) is 0 Å². The summed E-state index contributed by atoms with van der Waals surface area (Å²) >= 11 is 0. The summed E-state index contributed by atoms with van der Waals surface area (Å²) in [5.74, 6) is -1.04. The number of aryl methyl sites for hydroxylation is 1. The van der Waals surface area contributed by atoms with Gasteiger partial charge in [-0.05, 0) is 18.1 Å². The van der Waals surface area contributed by atoms with E-state index in [9.17, 15) is 9.59 Å². The van der Waals surface area contributed by atoms with Gasteiger partial charge in [-0.1, -0.05) is 25.1 Å². The van der Waals surface area contributed by atoms with Gasteiger partial charge in [0.1, 0.15) is 0 Å². The third-order valence-corrected chi connectivity index (χ3v) is 3.27. The maximum atomic E-state index is 12.2. The number of anilines is 1. The first-order valence-electron chi connectivity index (χ1n) is 6.60. The monoisotopic (exact) mass is 278 g/mol. The first-order chi connectivity index (χ1) is 9.61. The Labute approximate surface area is 117 Å². The lowest BCUT2D eigenvalue weighted by Gasteiger charge is -2.31. The van der Waals surface area contributed by atoms with Crippen LogP contribution in [0.25, 0.3) is 0 Å². The van der Waals surface area contributed by atoms with Crippen molar-refractivity contribution in [3.05, 3.63) is 29.8 Å². The zero-order chi connectivity index (χ0) is 14.5. The van der Waals surface area contributed by atoms with Gasteiger partial charge < -0.3 is 20.1 Å². The highest BCUT2D eigenvalue weighted by Gasteiger charge is 2.29. The minimum Gasteiger partial charge on any atom is -0.479 e. The molecule has 1 aromatic rings. The molecule has 108 valence electrons. The van der Waals surface area contributed by atoms with E-state index in [1.807, 2.05) is 31.2 Å². The van der Waals surface area contributed by atoms with Crippen molar-refractivity contribution in [3.63, 3.8) is 0 Å². The van der Waals surface area contributed by atoms with Crippen molar-refractivity contribution in [3.8, 4) is 0 Å². The van der Waals surface area contributed by atoms with E-state index in [0.29, 0.717) is 6.54 Å². The van der Waals surface area contributed by atoms with Gasteiger partial charge in [0.15, 0.2) is 6.10 Å². The number of nitrogens with zero attached hydrogens (tertiary/aromatic N) is 1. The second-order valence-corrected chi connectivity index (χ2v) is 4.58. The van der Waals surface area contributed by atoms with Gasteiger partial charge in [0, 0.05) is 12.2 Å². The molecule has 1 aliphatic heterocycles. The smallest absolute Gasteiger partial charge is 0.334 e. The van der Waals surface area contributed by atoms with Gasteiger partial charge in [0.25, 0.3) is 0 Å². The van der Waals surface area contributed by atoms with E-state index < -0.39 is 12.1 Å². The van der Waals surface area contributed by atoms with E-state index in [1.54, 1.807) is 0 Å². The van der Waals surface area contributed by atoms with Crippen LogP contribution < -0.4 is 5.32 Å². The molecule has 0 radical (unpaired) electrons. The summed E-state index contributed by atoms with van der Waals surface area (Å²) in [6, 6.07) is 7.28. The predicted molar refractivity (Wildman–Crippen MR) is 73.8 cm³/mol. The van der Waals surface area contributed by atoms with E-state index in [0.717, 1.165) is 17.7 Å². The van der Waals surface area contributed by atoms with E-state index in [-0.39, 0.29) is 19.2 Å². The molecule has 1 unspecified atom stereocenters. The number of carbonyl (C=O) groups is 2. The number of rotatable bonds is 3. The van der Waals surface area contributed by atoms with Crippen molar-refractivity contribution in [2.75, 3.05) is 25.0 Å². The van der Waals surface area contributed by atoms with Crippen molar-refractivity contribution >= 4 is 17.7 Å². The summed E-state index contributed by atoms with van der Waals surface area (Å²) in [6.07, 6.45) is -0.131. The normalized spacial score (nSPS) is 18.6. The fourth-order valence-corrected chi connectivity index (χ4v) is 2.13. The number of carboxylic acid groups (broad SMARTS) is 1. The molecule has 1 heterocycles. The first-order valence-corrected chi connectivity index (χ1v) is 6.60. The number of urea groups is 1. The zero-order valence-corrected chi connectivity index (χ0v) is 11.3.